The van der Waals surface area contributed by atoms with Crippen LogP contribution in [0, 0.1) is 3.57 Å². The van der Waals surface area contributed by atoms with Crippen LogP contribution in [0.4, 0.5) is 5.69 Å². The number of benzene rings is 2. The molecule has 0 fully saturated rings. The highest BCUT2D eigenvalue weighted by Crippen LogP contribution is 2.14. The highest BCUT2D eigenvalue weighted by Gasteiger charge is 2.13. The first-order chi connectivity index (χ1) is 12.3. The summed E-state index contributed by atoms with van der Waals surface area (Å²) in [5.41, 5.74) is 1.05. The molecule has 0 aliphatic carbocycles. The lowest BCUT2D eigenvalue weighted by Gasteiger charge is -2.11. The fourth-order valence-electron chi connectivity index (χ4n) is 1.94. The predicted octanol–water partition coefficient (Wildman–Crippen LogP) is 2.88. The van der Waals surface area contributed by atoms with Crippen molar-refractivity contribution < 1.29 is 13.2 Å². The number of carbonyl (C=O) groups is 1. The van der Waals surface area contributed by atoms with Crippen molar-refractivity contribution in [3.05, 3.63) is 70.3 Å². The number of amides is 1. The van der Waals surface area contributed by atoms with Gasteiger partial charge in [0, 0.05) is 21.4 Å². The number of rotatable bonds is 6. The van der Waals surface area contributed by atoms with Crippen LogP contribution >= 0.6 is 34.8 Å². The van der Waals surface area contributed by atoms with Crippen molar-refractivity contribution in [3.63, 3.8) is 0 Å². The average Bonchev–Trinajstić information content (AvgIpc) is 2.60. The van der Waals surface area contributed by atoms with Gasteiger partial charge < -0.3 is 5.32 Å². The first kappa shape index (κ1) is 20.5. The predicted molar refractivity (Wildman–Crippen MR) is 115 cm³/mol. The molecule has 0 spiro atoms. The smallest absolute Gasteiger partial charge is 0.257 e. The van der Waals surface area contributed by atoms with Crippen LogP contribution in [0.2, 0.25) is 0 Å². The van der Waals surface area contributed by atoms with E-state index in [0.717, 1.165) is 3.57 Å². The zero-order valence-electron chi connectivity index (χ0n) is 13.5. The molecule has 6 nitrogen and oxygen atoms in total. The molecule has 0 saturated heterocycles. The first-order valence-electron chi connectivity index (χ1n) is 7.40. The van der Waals surface area contributed by atoms with Crippen LogP contribution < -0.4 is 15.4 Å². The number of anilines is 1. The van der Waals surface area contributed by atoms with E-state index in [1.165, 1.54) is 18.2 Å². The Labute approximate surface area is 171 Å². The highest BCUT2D eigenvalue weighted by molar-refractivity contribution is 14.1. The van der Waals surface area contributed by atoms with E-state index in [1.54, 1.807) is 30.3 Å². The van der Waals surface area contributed by atoms with Gasteiger partial charge in [0.1, 0.15) is 0 Å². The van der Waals surface area contributed by atoms with E-state index < -0.39 is 10.0 Å². The van der Waals surface area contributed by atoms with Gasteiger partial charge in [-0.05, 0) is 77.3 Å². The lowest BCUT2D eigenvalue weighted by Crippen LogP contribution is -2.34. The van der Waals surface area contributed by atoms with Gasteiger partial charge in [-0.15, -0.1) is 6.58 Å². The van der Waals surface area contributed by atoms with Crippen LogP contribution in [0.5, 0.6) is 0 Å². The van der Waals surface area contributed by atoms with Crippen LogP contribution in [0.3, 0.4) is 0 Å². The first-order valence-corrected chi connectivity index (χ1v) is 10.4. The fourth-order valence-corrected chi connectivity index (χ4v) is 3.69. The SMILES string of the molecule is C=CCNS(=O)(=O)c1ccc(NC(=S)NC(=O)c2cccc(I)c2)cc1. The Balaban J connectivity index is 1.99. The van der Waals surface area contributed by atoms with E-state index >= 15 is 0 Å². The standard InChI is InChI=1S/C17H16IN3O3S2/c1-2-10-19-26(23,24)15-8-6-14(7-9-15)20-17(25)21-16(22)12-4-3-5-13(18)11-12/h2-9,11,19H,1,10H2,(H2,20,21,22,25). The van der Waals surface area contributed by atoms with Crippen LogP contribution in [-0.2, 0) is 10.0 Å². The number of halogens is 1. The third kappa shape index (κ3) is 5.87. The van der Waals surface area contributed by atoms with Gasteiger partial charge in [0.15, 0.2) is 5.11 Å². The van der Waals surface area contributed by atoms with Crippen LogP contribution in [0.1, 0.15) is 10.4 Å². The molecule has 136 valence electrons. The molecule has 0 aliphatic rings. The number of hydrogen-bond donors (Lipinski definition) is 3. The molecule has 0 unspecified atom stereocenters. The molecule has 3 N–H and O–H groups in total. The molecule has 0 saturated carbocycles. The number of carbonyl (C=O) groups excluding carboxylic acids is 1. The molecular formula is C17H16IN3O3S2. The summed E-state index contributed by atoms with van der Waals surface area (Å²) in [6, 6.07) is 13.1. The van der Waals surface area contributed by atoms with Crippen LogP contribution in [0.15, 0.2) is 66.1 Å². The van der Waals surface area contributed by atoms with Crippen molar-refractivity contribution in [2.75, 3.05) is 11.9 Å². The molecule has 0 heterocycles. The zero-order chi connectivity index (χ0) is 19.2. The summed E-state index contributed by atoms with van der Waals surface area (Å²) in [7, 11) is -3.58. The quantitative estimate of drug-likeness (QED) is 0.322. The van der Waals surface area contributed by atoms with Gasteiger partial charge in [0.2, 0.25) is 10.0 Å². The van der Waals surface area contributed by atoms with E-state index in [0.29, 0.717) is 11.3 Å². The normalized spacial score (nSPS) is 10.8. The van der Waals surface area contributed by atoms with Crippen molar-refractivity contribution in [2.24, 2.45) is 0 Å². The second kappa shape index (κ2) is 9.21. The second-order valence-corrected chi connectivity index (χ2v) is 8.50. The third-order valence-corrected chi connectivity index (χ3v) is 5.47. The molecule has 2 rings (SSSR count). The Hall–Kier alpha value is -1.82. The topological polar surface area (TPSA) is 87.3 Å². The molecule has 2 aromatic carbocycles. The maximum Gasteiger partial charge on any atom is 0.257 e. The maximum atomic E-state index is 12.1. The molecule has 26 heavy (non-hydrogen) atoms. The van der Waals surface area contributed by atoms with Gasteiger partial charge >= 0.3 is 0 Å². The molecule has 0 radical (unpaired) electrons. The summed E-state index contributed by atoms with van der Waals surface area (Å²) in [5, 5.41) is 5.55. The Morgan fingerprint density at radius 1 is 1.19 bits per heavy atom. The lowest BCUT2D eigenvalue weighted by molar-refractivity contribution is 0.0977. The van der Waals surface area contributed by atoms with Gasteiger partial charge in [-0.3, -0.25) is 10.1 Å². The number of hydrogen-bond acceptors (Lipinski definition) is 4. The van der Waals surface area contributed by atoms with Gasteiger partial charge in [-0.1, -0.05) is 12.1 Å². The maximum absolute atomic E-state index is 12.1. The summed E-state index contributed by atoms with van der Waals surface area (Å²) >= 11 is 7.24. The average molecular weight is 501 g/mol. The number of sulfonamides is 1. The third-order valence-electron chi connectivity index (χ3n) is 3.15. The summed E-state index contributed by atoms with van der Waals surface area (Å²) in [6.07, 6.45) is 1.46. The summed E-state index contributed by atoms with van der Waals surface area (Å²) in [5.74, 6) is -0.325. The van der Waals surface area contributed by atoms with E-state index in [9.17, 15) is 13.2 Å². The van der Waals surface area contributed by atoms with Gasteiger partial charge in [0.05, 0.1) is 4.90 Å². The van der Waals surface area contributed by atoms with Crippen molar-refractivity contribution in [2.45, 2.75) is 4.90 Å². The Morgan fingerprint density at radius 3 is 2.50 bits per heavy atom. The number of thiocarbonyl (C=S) groups is 1. The van der Waals surface area contributed by atoms with Crippen molar-refractivity contribution >= 4 is 61.5 Å². The Kier molecular flexibility index (Phi) is 7.26. The number of nitrogens with one attached hydrogen (secondary N) is 3. The molecule has 0 aromatic heterocycles. The van der Waals surface area contributed by atoms with Gasteiger partial charge in [-0.25, -0.2) is 13.1 Å². The Bertz CT molecular complexity index is 929. The minimum atomic E-state index is -3.58. The summed E-state index contributed by atoms with van der Waals surface area (Å²) < 4.78 is 27.3. The second-order valence-electron chi connectivity index (χ2n) is 5.08. The molecule has 0 aliphatic heterocycles. The van der Waals surface area contributed by atoms with E-state index in [-0.39, 0.29) is 22.5 Å². The van der Waals surface area contributed by atoms with Gasteiger partial charge in [-0.2, -0.15) is 0 Å². The Morgan fingerprint density at radius 2 is 1.88 bits per heavy atom. The van der Waals surface area contributed by atoms with Crippen LogP contribution in [-0.4, -0.2) is 26.0 Å². The van der Waals surface area contributed by atoms with Crippen LogP contribution in [0.25, 0.3) is 0 Å². The summed E-state index contributed by atoms with van der Waals surface area (Å²) in [4.78, 5) is 12.3. The molecule has 0 bridgehead atoms. The van der Waals surface area contributed by atoms with Gasteiger partial charge in [0.25, 0.3) is 5.91 Å². The lowest BCUT2D eigenvalue weighted by atomic mass is 10.2. The molecule has 9 heteroatoms. The molecule has 1 amide bonds. The minimum absolute atomic E-state index is 0.120. The zero-order valence-corrected chi connectivity index (χ0v) is 17.3. The molecular weight excluding hydrogens is 485 g/mol. The monoisotopic (exact) mass is 501 g/mol. The van der Waals surface area contributed by atoms with E-state index in [1.807, 2.05) is 6.07 Å². The van der Waals surface area contributed by atoms with Crippen molar-refractivity contribution in [3.8, 4) is 0 Å². The van der Waals surface area contributed by atoms with Crippen molar-refractivity contribution in [1.29, 1.82) is 0 Å². The minimum Gasteiger partial charge on any atom is -0.332 e. The highest BCUT2D eigenvalue weighted by atomic mass is 127. The summed E-state index contributed by atoms with van der Waals surface area (Å²) in [6.45, 7) is 3.62. The van der Waals surface area contributed by atoms with E-state index in [4.69, 9.17) is 12.2 Å². The molecule has 0 atom stereocenters. The largest absolute Gasteiger partial charge is 0.332 e. The molecule has 2 aromatic rings. The van der Waals surface area contributed by atoms with Crippen molar-refractivity contribution in [1.82, 2.24) is 10.0 Å². The van der Waals surface area contributed by atoms with E-state index in [2.05, 4.69) is 44.5 Å². The fraction of sp³-hybridized carbons (Fsp3) is 0.0588.